The fraction of sp³-hybridized carbons (Fsp3) is 0.556. The van der Waals surface area contributed by atoms with Crippen LogP contribution >= 0.6 is 0 Å². The first-order valence-corrected chi connectivity index (χ1v) is 8.18. The van der Waals surface area contributed by atoms with Crippen molar-refractivity contribution in [1.29, 1.82) is 0 Å². The van der Waals surface area contributed by atoms with Gasteiger partial charge in [0.05, 0.1) is 11.1 Å². The van der Waals surface area contributed by atoms with E-state index in [1.54, 1.807) is 0 Å². The maximum atomic E-state index is 12.0. The van der Waals surface area contributed by atoms with Gasteiger partial charge in [0.2, 0.25) is 0 Å². The highest BCUT2D eigenvalue weighted by atomic mass is 19.4. The maximum Gasteiger partial charge on any atom is 0.416 e. The van der Waals surface area contributed by atoms with Crippen LogP contribution in [0.25, 0.3) is 0 Å². The first kappa shape index (κ1) is 23.5. The maximum absolute atomic E-state index is 12.0. The Morgan fingerprint density at radius 3 is 1.88 bits per heavy atom. The standard InChI is InChI=1S/C8H4F6.C8H15N.C2H6/c9-7(10,11)5-2-1-3-6(4-5)8(12,13)14;1-3-7(2)8-4-5-9-6-8;1-2/h1-4H;8-9H,2-6H2,1H3;1-2H3. The van der Waals surface area contributed by atoms with Gasteiger partial charge in [0.1, 0.15) is 0 Å². The molecule has 0 amide bonds. The lowest BCUT2D eigenvalue weighted by Gasteiger charge is -2.10. The van der Waals surface area contributed by atoms with E-state index in [1.807, 2.05) is 13.8 Å². The molecule has 0 spiro atoms. The van der Waals surface area contributed by atoms with Gasteiger partial charge < -0.3 is 5.32 Å². The van der Waals surface area contributed by atoms with Crippen molar-refractivity contribution in [2.45, 2.75) is 46.0 Å². The molecule has 1 unspecified atom stereocenters. The summed E-state index contributed by atoms with van der Waals surface area (Å²) >= 11 is 0. The van der Waals surface area contributed by atoms with E-state index in [1.165, 1.54) is 18.5 Å². The molecule has 25 heavy (non-hydrogen) atoms. The van der Waals surface area contributed by atoms with Gasteiger partial charge in [-0.25, -0.2) is 0 Å². The number of benzene rings is 1. The second-order valence-corrected chi connectivity index (χ2v) is 5.28. The van der Waals surface area contributed by atoms with Crippen molar-refractivity contribution < 1.29 is 26.3 Å². The molecule has 1 aliphatic heterocycles. The van der Waals surface area contributed by atoms with Crippen LogP contribution in [-0.4, -0.2) is 13.1 Å². The van der Waals surface area contributed by atoms with E-state index in [0.29, 0.717) is 12.1 Å². The summed E-state index contributed by atoms with van der Waals surface area (Å²) in [4.78, 5) is 0. The summed E-state index contributed by atoms with van der Waals surface area (Å²) in [6, 6.07) is 2.00. The molecule has 0 saturated carbocycles. The van der Waals surface area contributed by atoms with E-state index in [4.69, 9.17) is 0 Å². The summed E-state index contributed by atoms with van der Waals surface area (Å²) in [5, 5.41) is 3.33. The molecule has 7 heteroatoms. The Hall–Kier alpha value is -1.50. The summed E-state index contributed by atoms with van der Waals surface area (Å²) < 4.78 is 71.9. The van der Waals surface area contributed by atoms with E-state index >= 15 is 0 Å². The molecular weight excluding hydrogens is 344 g/mol. The van der Waals surface area contributed by atoms with Crippen molar-refractivity contribution in [1.82, 2.24) is 5.32 Å². The SMILES string of the molecule is C=C(CC)C1CCNC1.CC.FC(F)(F)c1cccc(C(F)(F)F)c1. The monoisotopic (exact) mass is 369 g/mol. The lowest BCUT2D eigenvalue weighted by Crippen LogP contribution is -2.09. The van der Waals surface area contributed by atoms with Crippen molar-refractivity contribution in [3.8, 4) is 0 Å². The zero-order valence-corrected chi connectivity index (χ0v) is 14.7. The molecule has 1 atom stereocenters. The predicted molar refractivity (Wildman–Crippen MR) is 88.2 cm³/mol. The first-order chi connectivity index (χ1) is 11.6. The molecule has 2 rings (SSSR count). The highest BCUT2D eigenvalue weighted by molar-refractivity contribution is 5.27. The lowest BCUT2D eigenvalue weighted by molar-refractivity contribution is -0.143. The van der Waals surface area contributed by atoms with Crippen LogP contribution in [0.2, 0.25) is 0 Å². The highest BCUT2D eigenvalue weighted by Crippen LogP contribution is 2.34. The zero-order valence-electron chi connectivity index (χ0n) is 14.7. The lowest BCUT2D eigenvalue weighted by atomic mass is 9.98. The molecule has 1 heterocycles. The molecule has 1 aromatic carbocycles. The third-order valence-corrected chi connectivity index (χ3v) is 3.61. The summed E-state index contributed by atoms with van der Waals surface area (Å²) in [5.41, 5.74) is -1.18. The summed E-state index contributed by atoms with van der Waals surface area (Å²) in [7, 11) is 0. The molecule has 1 nitrogen and oxygen atoms in total. The molecule has 144 valence electrons. The topological polar surface area (TPSA) is 12.0 Å². The van der Waals surface area contributed by atoms with E-state index < -0.39 is 23.5 Å². The molecule has 1 saturated heterocycles. The number of hydrogen-bond donors (Lipinski definition) is 1. The molecule has 1 N–H and O–H groups in total. The Balaban J connectivity index is 0.000000451. The van der Waals surface area contributed by atoms with Crippen molar-refractivity contribution in [3.63, 3.8) is 0 Å². The number of alkyl halides is 6. The minimum Gasteiger partial charge on any atom is -0.316 e. The molecule has 0 aliphatic carbocycles. The van der Waals surface area contributed by atoms with Crippen LogP contribution in [0.1, 0.15) is 44.7 Å². The minimum absolute atomic E-state index is 0.0833. The molecular formula is C18H25F6N. The van der Waals surface area contributed by atoms with E-state index in [-0.39, 0.29) is 6.07 Å². The van der Waals surface area contributed by atoms with E-state index in [2.05, 4.69) is 18.8 Å². The van der Waals surface area contributed by atoms with Crippen LogP contribution < -0.4 is 5.32 Å². The van der Waals surface area contributed by atoms with Crippen LogP contribution in [0, 0.1) is 5.92 Å². The van der Waals surface area contributed by atoms with Gasteiger partial charge >= 0.3 is 12.4 Å². The number of halogens is 6. The molecule has 0 radical (unpaired) electrons. The van der Waals surface area contributed by atoms with Crippen LogP contribution in [0.15, 0.2) is 36.4 Å². The van der Waals surface area contributed by atoms with Crippen LogP contribution in [0.5, 0.6) is 0 Å². The van der Waals surface area contributed by atoms with Gasteiger partial charge in [0.25, 0.3) is 0 Å². The number of hydrogen-bond acceptors (Lipinski definition) is 1. The normalized spacial score (nSPS) is 17.1. The molecule has 1 aromatic rings. The quantitative estimate of drug-likeness (QED) is 0.476. The summed E-state index contributed by atoms with van der Waals surface area (Å²) in [5.74, 6) is 0.773. The Morgan fingerprint density at radius 2 is 1.56 bits per heavy atom. The summed E-state index contributed by atoms with van der Waals surface area (Å²) in [6.45, 7) is 12.5. The van der Waals surface area contributed by atoms with Gasteiger partial charge in [0, 0.05) is 6.54 Å². The average molecular weight is 369 g/mol. The molecule has 0 aromatic heterocycles. The first-order valence-electron chi connectivity index (χ1n) is 8.18. The van der Waals surface area contributed by atoms with Crippen LogP contribution in [0.4, 0.5) is 26.3 Å². The average Bonchev–Trinajstić information content (AvgIpc) is 3.10. The van der Waals surface area contributed by atoms with Crippen molar-refractivity contribution in [2.24, 2.45) is 5.92 Å². The van der Waals surface area contributed by atoms with Gasteiger partial charge in [0.15, 0.2) is 0 Å². The van der Waals surface area contributed by atoms with E-state index in [0.717, 1.165) is 24.9 Å². The highest BCUT2D eigenvalue weighted by Gasteiger charge is 2.35. The number of rotatable bonds is 2. The summed E-state index contributed by atoms with van der Waals surface area (Å²) in [6.07, 6.45) is -7.05. The molecule has 1 aliphatic rings. The second kappa shape index (κ2) is 10.5. The molecule has 0 bridgehead atoms. The Bertz CT molecular complexity index is 484. The third kappa shape index (κ3) is 8.43. The van der Waals surface area contributed by atoms with Gasteiger partial charge in [-0.3, -0.25) is 0 Å². The van der Waals surface area contributed by atoms with E-state index in [9.17, 15) is 26.3 Å². The third-order valence-electron chi connectivity index (χ3n) is 3.61. The Morgan fingerprint density at radius 1 is 1.08 bits per heavy atom. The Kier molecular flexibility index (Phi) is 9.85. The van der Waals surface area contributed by atoms with Crippen LogP contribution in [-0.2, 0) is 12.4 Å². The second-order valence-electron chi connectivity index (χ2n) is 5.28. The zero-order chi connectivity index (χ0) is 19.7. The minimum atomic E-state index is -4.75. The van der Waals surface area contributed by atoms with Crippen molar-refractivity contribution >= 4 is 0 Å². The largest absolute Gasteiger partial charge is 0.416 e. The van der Waals surface area contributed by atoms with Gasteiger partial charge in [-0.1, -0.05) is 39.0 Å². The predicted octanol–water partition coefficient (Wildman–Crippen LogP) is 6.31. The van der Waals surface area contributed by atoms with Crippen molar-refractivity contribution in [2.75, 3.05) is 13.1 Å². The van der Waals surface area contributed by atoms with Crippen molar-refractivity contribution in [3.05, 3.63) is 47.5 Å². The smallest absolute Gasteiger partial charge is 0.316 e. The van der Waals surface area contributed by atoms with Gasteiger partial charge in [-0.15, -0.1) is 0 Å². The fourth-order valence-corrected chi connectivity index (χ4v) is 2.16. The Labute approximate surface area is 145 Å². The molecule has 1 fully saturated rings. The van der Waals surface area contributed by atoms with Crippen LogP contribution in [0.3, 0.4) is 0 Å². The number of nitrogens with one attached hydrogen (secondary N) is 1. The van der Waals surface area contributed by atoms with Gasteiger partial charge in [-0.2, -0.15) is 26.3 Å². The van der Waals surface area contributed by atoms with Gasteiger partial charge in [-0.05, 0) is 43.5 Å². The fourth-order valence-electron chi connectivity index (χ4n) is 2.16.